The predicted octanol–water partition coefficient (Wildman–Crippen LogP) is 1.89. The highest BCUT2D eigenvalue weighted by Gasteiger charge is 2.19. The van der Waals surface area contributed by atoms with Crippen LogP contribution in [0.2, 0.25) is 0 Å². The Bertz CT molecular complexity index is 463. The number of benzene rings is 1. The molecule has 0 aliphatic carbocycles. The third kappa shape index (κ3) is 2.46. The first-order chi connectivity index (χ1) is 7.47. The van der Waals surface area contributed by atoms with Crippen LogP contribution in [0.1, 0.15) is 10.4 Å². The fraction of sp³-hybridized carbons (Fsp3) is 0.111. The van der Waals surface area contributed by atoms with E-state index in [1.165, 1.54) is 0 Å². The van der Waals surface area contributed by atoms with Gasteiger partial charge in [0.25, 0.3) is 0 Å². The van der Waals surface area contributed by atoms with E-state index in [9.17, 15) is 13.6 Å². The Kier molecular flexibility index (Phi) is 3.78. The van der Waals surface area contributed by atoms with E-state index >= 15 is 0 Å². The van der Waals surface area contributed by atoms with E-state index in [2.05, 4.69) is 4.99 Å². The molecule has 7 heteroatoms. The molecule has 1 aromatic rings. The largest absolute Gasteiger partial charge is 0.478 e. The first kappa shape index (κ1) is 12.4. The van der Waals surface area contributed by atoms with E-state index in [4.69, 9.17) is 22.4 Å². The highest BCUT2D eigenvalue weighted by atomic mass is 35.5. The maximum absolute atomic E-state index is 13.3. The molecule has 1 aromatic carbocycles. The van der Waals surface area contributed by atoms with Crippen LogP contribution in [0.25, 0.3) is 0 Å². The summed E-state index contributed by atoms with van der Waals surface area (Å²) in [6.45, 7) is 0. The topological polar surface area (TPSA) is 75.7 Å². The number of halogens is 3. The molecule has 0 bridgehead atoms. The third-order valence-electron chi connectivity index (χ3n) is 1.68. The van der Waals surface area contributed by atoms with Gasteiger partial charge in [0.1, 0.15) is 28.7 Å². The van der Waals surface area contributed by atoms with Crippen molar-refractivity contribution in [1.29, 1.82) is 0 Å². The zero-order valence-electron chi connectivity index (χ0n) is 7.88. The molecule has 0 atom stereocenters. The molecular formula is C9H7ClF2N2O2. The van der Waals surface area contributed by atoms with E-state index in [0.29, 0.717) is 6.07 Å². The van der Waals surface area contributed by atoms with Crippen LogP contribution in [-0.2, 0) is 0 Å². The zero-order chi connectivity index (χ0) is 12.3. The fourth-order valence-corrected chi connectivity index (χ4v) is 1.09. The average Bonchev–Trinajstić information content (AvgIpc) is 2.22. The summed E-state index contributed by atoms with van der Waals surface area (Å²) in [6.07, 6.45) is 0. The van der Waals surface area contributed by atoms with Gasteiger partial charge in [-0.25, -0.2) is 18.6 Å². The van der Waals surface area contributed by atoms with Crippen LogP contribution < -0.4 is 5.73 Å². The Hall–Kier alpha value is -1.69. The lowest BCUT2D eigenvalue weighted by Crippen LogP contribution is -2.13. The Balaban J connectivity index is 3.46. The lowest BCUT2D eigenvalue weighted by molar-refractivity contribution is 0.0692. The maximum atomic E-state index is 13.3. The molecular weight excluding hydrogens is 242 g/mol. The monoisotopic (exact) mass is 248 g/mol. The number of hydrogen-bond acceptors (Lipinski definition) is 2. The number of aromatic carboxylic acids is 1. The Labute approximate surface area is 94.4 Å². The van der Waals surface area contributed by atoms with Gasteiger partial charge in [0.05, 0.1) is 5.88 Å². The SMILES string of the molecule is NC(CCl)=Nc1c(F)ccc(F)c1C(=O)O. The Morgan fingerprint density at radius 1 is 1.44 bits per heavy atom. The van der Waals surface area contributed by atoms with Gasteiger partial charge in [-0.3, -0.25) is 0 Å². The van der Waals surface area contributed by atoms with Crippen molar-refractivity contribution in [1.82, 2.24) is 0 Å². The number of rotatable bonds is 3. The second kappa shape index (κ2) is 4.89. The minimum absolute atomic E-state index is 0.200. The number of alkyl halides is 1. The van der Waals surface area contributed by atoms with Crippen molar-refractivity contribution in [2.75, 3.05) is 5.88 Å². The molecule has 4 nitrogen and oxygen atoms in total. The van der Waals surface area contributed by atoms with Gasteiger partial charge in [0.2, 0.25) is 0 Å². The van der Waals surface area contributed by atoms with Crippen molar-refractivity contribution in [2.45, 2.75) is 0 Å². The minimum Gasteiger partial charge on any atom is -0.478 e. The normalized spacial score (nSPS) is 11.6. The molecule has 16 heavy (non-hydrogen) atoms. The van der Waals surface area contributed by atoms with E-state index in [1.54, 1.807) is 0 Å². The molecule has 0 aromatic heterocycles. The second-order valence-corrected chi connectivity index (χ2v) is 3.06. The number of amidine groups is 1. The molecule has 86 valence electrons. The molecule has 0 radical (unpaired) electrons. The van der Waals surface area contributed by atoms with Crippen molar-refractivity contribution < 1.29 is 18.7 Å². The van der Waals surface area contributed by atoms with Crippen LogP contribution in [0.3, 0.4) is 0 Å². The van der Waals surface area contributed by atoms with Crippen LogP contribution in [0.5, 0.6) is 0 Å². The molecule has 0 fully saturated rings. The van der Waals surface area contributed by atoms with Gasteiger partial charge >= 0.3 is 5.97 Å². The summed E-state index contributed by atoms with van der Waals surface area (Å²) in [7, 11) is 0. The van der Waals surface area contributed by atoms with E-state index in [1.807, 2.05) is 0 Å². The first-order valence-electron chi connectivity index (χ1n) is 4.07. The molecule has 0 aliphatic heterocycles. The van der Waals surface area contributed by atoms with Crippen molar-refractivity contribution in [3.05, 3.63) is 29.3 Å². The number of hydrogen-bond donors (Lipinski definition) is 2. The summed E-state index contributed by atoms with van der Waals surface area (Å²) in [4.78, 5) is 14.1. The standard InChI is InChI=1S/C9H7ClF2N2O2/c10-3-6(13)14-8-5(12)2-1-4(11)7(8)9(15)16/h1-2H,3H2,(H2,13,14)(H,15,16). The number of aliphatic imine (C=N–C) groups is 1. The summed E-state index contributed by atoms with van der Waals surface area (Å²) in [6, 6.07) is 1.47. The minimum atomic E-state index is -1.63. The molecule has 1 rings (SSSR count). The van der Waals surface area contributed by atoms with E-state index in [0.717, 1.165) is 6.07 Å². The van der Waals surface area contributed by atoms with Gasteiger partial charge in [-0.15, -0.1) is 11.6 Å². The summed E-state index contributed by atoms with van der Waals surface area (Å²) in [5.41, 5.74) is 3.70. The van der Waals surface area contributed by atoms with Crippen molar-refractivity contribution in [2.24, 2.45) is 10.7 Å². The van der Waals surface area contributed by atoms with Gasteiger partial charge < -0.3 is 10.8 Å². The van der Waals surface area contributed by atoms with Gasteiger partial charge in [0, 0.05) is 0 Å². The second-order valence-electron chi connectivity index (χ2n) is 2.79. The van der Waals surface area contributed by atoms with Crippen LogP contribution in [0, 0.1) is 11.6 Å². The molecule has 0 amide bonds. The van der Waals surface area contributed by atoms with Gasteiger partial charge in [0.15, 0.2) is 0 Å². The third-order valence-corrected chi connectivity index (χ3v) is 1.96. The molecule has 0 heterocycles. The summed E-state index contributed by atoms with van der Waals surface area (Å²) < 4.78 is 26.4. The average molecular weight is 249 g/mol. The predicted molar refractivity (Wildman–Crippen MR) is 55.3 cm³/mol. The highest BCUT2D eigenvalue weighted by molar-refractivity contribution is 6.28. The van der Waals surface area contributed by atoms with E-state index < -0.39 is 28.9 Å². The van der Waals surface area contributed by atoms with Crippen LogP contribution >= 0.6 is 11.6 Å². The van der Waals surface area contributed by atoms with E-state index in [-0.39, 0.29) is 11.7 Å². The maximum Gasteiger partial charge on any atom is 0.341 e. The smallest absolute Gasteiger partial charge is 0.341 e. The number of carboxylic acids is 1. The zero-order valence-corrected chi connectivity index (χ0v) is 8.63. The Morgan fingerprint density at radius 3 is 2.50 bits per heavy atom. The van der Waals surface area contributed by atoms with Crippen molar-refractivity contribution in [3.8, 4) is 0 Å². The summed E-state index contributed by atoms with van der Waals surface area (Å²) in [5, 5.41) is 8.71. The van der Waals surface area contributed by atoms with Crippen molar-refractivity contribution >= 4 is 29.1 Å². The molecule has 0 aliphatic rings. The molecule has 3 N–H and O–H groups in total. The summed E-state index contributed by atoms with van der Waals surface area (Å²) in [5.74, 6) is -4.11. The Morgan fingerprint density at radius 2 is 2.00 bits per heavy atom. The van der Waals surface area contributed by atoms with Crippen LogP contribution in [-0.4, -0.2) is 22.8 Å². The quantitative estimate of drug-likeness (QED) is 0.487. The summed E-state index contributed by atoms with van der Waals surface area (Å²) >= 11 is 5.31. The number of nitrogens with two attached hydrogens (primary N) is 1. The van der Waals surface area contributed by atoms with Gasteiger partial charge in [-0.2, -0.15) is 0 Å². The molecule has 0 saturated heterocycles. The first-order valence-corrected chi connectivity index (χ1v) is 4.61. The number of nitrogens with zero attached hydrogens (tertiary/aromatic N) is 1. The van der Waals surface area contributed by atoms with Crippen molar-refractivity contribution in [3.63, 3.8) is 0 Å². The number of carbonyl (C=O) groups is 1. The molecule has 0 spiro atoms. The molecule has 0 unspecified atom stereocenters. The highest BCUT2D eigenvalue weighted by Crippen LogP contribution is 2.26. The van der Waals surface area contributed by atoms with Gasteiger partial charge in [-0.1, -0.05) is 0 Å². The lowest BCUT2D eigenvalue weighted by atomic mass is 10.1. The molecule has 0 saturated carbocycles. The van der Waals surface area contributed by atoms with Crippen LogP contribution in [0.4, 0.5) is 14.5 Å². The van der Waals surface area contributed by atoms with Gasteiger partial charge in [-0.05, 0) is 12.1 Å². The lowest BCUT2D eigenvalue weighted by Gasteiger charge is -2.04. The number of carboxylic acid groups (broad SMARTS) is 1. The van der Waals surface area contributed by atoms with Crippen LogP contribution in [0.15, 0.2) is 17.1 Å². The fourth-order valence-electron chi connectivity index (χ4n) is 1.03.